The van der Waals surface area contributed by atoms with E-state index in [1.807, 2.05) is 12.1 Å². The van der Waals surface area contributed by atoms with Crippen LogP contribution in [0.5, 0.6) is 0 Å². The summed E-state index contributed by atoms with van der Waals surface area (Å²) in [5.74, 6) is -0.403. The number of nitrogens with zero attached hydrogens (tertiary/aromatic N) is 3. The van der Waals surface area contributed by atoms with Gasteiger partial charge in [-0.15, -0.1) is 11.3 Å². The summed E-state index contributed by atoms with van der Waals surface area (Å²) in [6, 6.07) is 8.88. The number of para-hydroxylation sites is 1. The van der Waals surface area contributed by atoms with Gasteiger partial charge in [0.25, 0.3) is 11.5 Å². The Morgan fingerprint density at radius 1 is 1.38 bits per heavy atom. The smallest absolute Gasteiger partial charge is 0.261 e. The average Bonchev–Trinajstić information content (AvgIpc) is 2.88. The number of nitrogens with one attached hydrogen (secondary N) is 1. The zero-order valence-electron chi connectivity index (χ0n) is 12.1. The van der Waals surface area contributed by atoms with Crippen molar-refractivity contribution in [1.82, 2.24) is 15.0 Å². The minimum Gasteiger partial charge on any atom is -0.289 e. The Kier molecular flexibility index (Phi) is 5.22. The monoisotopic (exact) mass is 468 g/mol. The predicted octanol–water partition coefficient (Wildman–Crippen LogP) is 3.13. The number of hydrazone groups is 1. The molecule has 3 aromatic rings. The van der Waals surface area contributed by atoms with Crippen molar-refractivity contribution in [1.29, 1.82) is 0 Å². The summed E-state index contributed by atoms with van der Waals surface area (Å²) in [5.41, 5.74) is 2.75. The number of amides is 1. The van der Waals surface area contributed by atoms with Crippen LogP contribution in [0, 0.1) is 0 Å². The fraction of sp³-hybridized carbons (Fsp3) is 0.0667. The average molecular weight is 470 g/mol. The summed E-state index contributed by atoms with van der Waals surface area (Å²) in [5, 5.41) is 4.37. The molecule has 24 heavy (non-hydrogen) atoms. The third-order valence-corrected chi connectivity index (χ3v) is 6.28. The van der Waals surface area contributed by atoms with Crippen LogP contribution in [-0.4, -0.2) is 21.7 Å². The van der Waals surface area contributed by atoms with Crippen molar-refractivity contribution in [3.05, 3.63) is 60.1 Å². The van der Waals surface area contributed by atoms with E-state index < -0.39 is 5.91 Å². The van der Waals surface area contributed by atoms with Gasteiger partial charge in [0.05, 0.1) is 27.2 Å². The summed E-state index contributed by atoms with van der Waals surface area (Å²) in [6.45, 7) is -0.147. The standard InChI is InChI=1S/C15H10Br2N4O2S/c16-11-5-9(24-14(11)17)6-19-20-13(22)7-21-8-18-12-4-2-1-3-10(12)15(21)23/h1-6,8H,7H2,(H,20,22). The largest absolute Gasteiger partial charge is 0.289 e. The molecular formula is C15H10Br2N4O2S. The van der Waals surface area contributed by atoms with Crippen molar-refractivity contribution < 1.29 is 4.79 Å². The molecule has 0 fully saturated rings. The van der Waals surface area contributed by atoms with Crippen LogP contribution in [0.15, 0.2) is 54.8 Å². The number of carbonyl (C=O) groups excluding carboxylic acids is 1. The minimum atomic E-state index is -0.403. The molecule has 6 nitrogen and oxygen atoms in total. The molecule has 0 bridgehead atoms. The van der Waals surface area contributed by atoms with Crippen molar-refractivity contribution in [3.63, 3.8) is 0 Å². The van der Waals surface area contributed by atoms with Crippen LogP contribution in [0.3, 0.4) is 0 Å². The molecule has 0 aliphatic heterocycles. The molecule has 0 radical (unpaired) electrons. The highest BCUT2D eigenvalue weighted by atomic mass is 79.9. The fourth-order valence-corrected chi connectivity index (χ4v) is 3.97. The number of aromatic nitrogens is 2. The number of halogens is 2. The molecule has 0 aliphatic rings. The van der Waals surface area contributed by atoms with Crippen LogP contribution >= 0.6 is 43.2 Å². The number of hydrogen-bond acceptors (Lipinski definition) is 5. The fourth-order valence-electron chi connectivity index (χ4n) is 2.00. The third-order valence-electron chi connectivity index (χ3n) is 3.09. The highest BCUT2D eigenvalue weighted by molar-refractivity contribution is 9.13. The van der Waals surface area contributed by atoms with Crippen molar-refractivity contribution in [2.75, 3.05) is 0 Å². The van der Waals surface area contributed by atoms with Crippen LogP contribution in [0.2, 0.25) is 0 Å². The van der Waals surface area contributed by atoms with E-state index in [0.29, 0.717) is 10.9 Å². The minimum absolute atomic E-state index is 0.147. The van der Waals surface area contributed by atoms with Crippen molar-refractivity contribution >= 4 is 66.2 Å². The summed E-state index contributed by atoms with van der Waals surface area (Å²) in [6.07, 6.45) is 2.90. The number of hydrogen-bond donors (Lipinski definition) is 1. The molecule has 1 N–H and O–H groups in total. The Morgan fingerprint density at radius 2 is 2.17 bits per heavy atom. The zero-order chi connectivity index (χ0) is 17.1. The first-order chi connectivity index (χ1) is 11.5. The second kappa shape index (κ2) is 7.37. The maximum absolute atomic E-state index is 12.3. The Labute approximate surface area is 157 Å². The van der Waals surface area contributed by atoms with Crippen LogP contribution < -0.4 is 11.0 Å². The van der Waals surface area contributed by atoms with Crippen LogP contribution in [-0.2, 0) is 11.3 Å². The van der Waals surface area contributed by atoms with Crippen molar-refractivity contribution in [2.24, 2.45) is 5.10 Å². The summed E-state index contributed by atoms with van der Waals surface area (Å²) in [7, 11) is 0. The molecular weight excluding hydrogens is 460 g/mol. The van der Waals surface area contributed by atoms with Gasteiger partial charge in [-0.1, -0.05) is 12.1 Å². The lowest BCUT2D eigenvalue weighted by Gasteiger charge is -2.05. The van der Waals surface area contributed by atoms with Gasteiger partial charge in [-0.3, -0.25) is 14.2 Å². The molecule has 0 saturated carbocycles. The van der Waals surface area contributed by atoms with Gasteiger partial charge >= 0.3 is 0 Å². The lowest BCUT2D eigenvalue weighted by atomic mass is 10.2. The maximum Gasteiger partial charge on any atom is 0.261 e. The van der Waals surface area contributed by atoms with E-state index >= 15 is 0 Å². The SMILES string of the molecule is O=C(Cn1cnc2ccccc2c1=O)NN=Cc1cc(Br)c(Br)s1. The van der Waals surface area contributed by atoms with Crippen LogP contribution in [0.4, 0.5) is 0 Å². The second-order valence-electron chi connectivity index (χ2n) is 4.76. The highest BCUT2D eigenvalue weighted by Crippen LogP contribution is 2.31. The summed E-state index contributed by atoms with van der Waals surface area (Å²) >= 11 is 8.24. The molecule has 2 aromatic heterocycles. The van der Waals surface area contributed by atoms with Crippen LogP contribution in [0.1, 0.15) is 4.88 Å². The van der Waals surface area contributed by atoms with Crippen molar-refractivity contribution in [3.8, 4) is 0 Å². The Hall–Kier alpha value is -1.84. The normalized spacial score (nSPS) is 11.2. The van der Waals surface area contributed by atoms with E-state index in [2.05, 4.69) is 47.4 Å². The van der Waals surface area contributed by atoms with Gasteiger partial charge < -0.3 is 0 Å². The molecule has 2 heterocycles. The number of benzene rings is 1. The Morgan fingerprint density at radius 3 is 2.92 bits per heavy atom. The summed E-state index contributed by atoms with van der Waals surface area (Å²) < 4.78 is 3.13. The molecule has 0 unspecified atom stereocenters. The Balaban J connectivity index is 1.69. The zero-order valence-corrected chi connectivity index (χ0v) is 16.1. The quantitative estimate of drug-likeness (QED) is 0.471. The van der Waals surface area contributed by atoms with Gasteiger partial charge in [0.2, 0.25) is 0 Å². The van der Waals surface area contributed by atoms with Gasteiger partial charge in [0, 0.05) is 9.35 Å². The molecule has 0 aliphatic carbocycles. The van der Waals surface area contributed by atoms with E-state index in [9.17, 15) is 9.59 Å². The van der Waals surface area contributed by atoms with Gasteiger partial charge in [0.15, 0.2) is 0 Å². The topological polar surface area (TPSA) is 76.3 Å². The number of carbonyl (C=O) groups is 1. The Bertz CT molecular complexity index is 977. The first-order valence-corrected chi connectivity index (χ1v) is 9.16. The van der Waals surface area contributed by atoms with Crippen molar-refractivity contribution in [2.45, 2.75) is 6.54 Å². The van der Waals surface area contributed by atoms with Crippen LogP contribution in [0.25, 0.3) is 10.9 Å². The molecule has 1 amide bonds. The molecule has 0 atom stereocenters. The lowest BCUT2D eigenvalue weighted by molar-refractivity contribution is -0.121. The lowest BCUT2D eigenvalue weighted by Crippen LogP contribution is -2.30. The molecule has 9 heteroatoms. The predicted molar refractivity (Wildman–Crippen MR) is 101 cm³/mol. The molecule has 3 rings (SSSR count). The maximum atomic E-state index is 12.3. The van der Waals surface area contributed by atoms with Gasteiger partial charge in [0.1, 0.15) is 6.54 Å². The van der Waals surface area contributed by atoms with Gasteiger partial charge in [-0.2, -0.15) is 5.10 Å². The first kappa shape index (κ1) is 17.0. The molecule has 122 valence electrons. The number of fused-ring (bicyclic) bond motifs is 1. The molecule has 1 aromatic carbocycles. The molecule has 0 spiro atoms. The van der Waals surface area contributed by atoms with Gasteiger partial charge in [-0.05, 0) is 50.1 Å². The second-order valence-corrected chi connectivity index (χ2v) is 8.01. The van der Waals surface area contributed by atoms with E-state index in [-0.39, 0.29) is 12.1 Å². The van der Waals surface area contributed by atoms with Gasteiger partial charge in [-0.25, -0.2) is 10.4 Å². The number of thiophene rings is 1. The first-order valence-electron chi connectivity index (χ1n) is 6.75. The number of rotatable bonds is 4. The van der Waals surface area contributed by atoms with E-state index in [1.54, 1.807) is 24.4 Å². The van der Waals surface area contributed by atoms with E-state index in [4.69, 9.17) is 0 Å². The molecule has 0 saturated heterocycles. The highest BCUT2D eigenvalue weighted by Gasteiger charge is 2.07. The third kappa shape index (κ3) is 3.80. The van der Waals surface area contributed by atoms with E-state index in [0.717, 1.165) is 13.1 Å². The van der Waals surface area contributed by atoms with E-state index in [1.165, 1.54) is 22.2 Å². The summed E-state index contributed by atoms with van der Waals surface area (Å²) in [4.78, 5) is 29.3.